The van der Waals surface area contributed by atoms with Crippen LogP contribution in [0.4, 0.5) is 0 Å². The van der Waals surface area contributed by atoms with Crippen molar-refractivity contribution in [1.29, 1.82) is 0 Å². The van der Waals surface area contributed by atoms with Gasteiger partial charge in [0.15, 0.2) is 5.96 Å². The molecule has 1 aromatic rings. The smallest absolute Gasteiger partial charge is 0.191 e. The summed E-state index contributed by atoms with van der Waals surface area (Å²) in [5.74, 6) is 1.57. The highest BCUT2D eigenvalue weighted by atomic mass is 127. The fraction of sp³-hybridized carbons (Fsp3) is 0.737. The number of hydrogen-bond acceptors (Lipinski definition) is 5. The van der Waals surface area contributed by atoms with Crippen molar-refractivity contribution in [3.05, 3.63) is 22.4 Å². The summed E-state index contributed by atoms with van der Waals surface area (Å²) in [5.41, 5.74) is -0.101. The highest BCUT2D eigenvalue weighted by Gasteiger charge is 2.45. The lowest BCUT2D eigenvalue weighted by Gasteiger charge is -2.39. The van der Waals surface area contributed by atoms with Gasteiger partial charge in [-0.05, 0) is 56.6 Å². The van der Waals surface area contributed by atoms with Crippen molar-refractivity contribution in [3.63, 3.8) is 0 Å². The number of nitrogens with zero attached hydrogens (tertiary/aromatic N) is 2. The number of thiophene rings is 1. The maximum Gasteiger partial charge on any atom is 0.191 e. The third-order valence-corrected chi connectivity index (χ3v) is 7.83. The first kappa shape index (κ1) is 23.9. The minimum Gasteiger partial charge on any atom is -0.356 e. The molecule has 0 aromatic carbocycles. The third kappa shape index (κ3) is 6.56. The Bertz CT molecular complexity index is 748. The number of rotatable bonds is 7. The molecule has 2 unspecified atom stereocenters. The Balaban J connectivity index is 0.00000280. The summed E-state index contributed by atoms with van der Waals surface area (Å²) in [6.45, 7) is 2.67. The van der Waals surface area contributed by atoms with E-state index < -0.39 is 9.84 Å². The molecule has 0 bridgehead atoms. The van der Waals surface area contributed by atoms with Crippen LogP contribution in [-0.2, 0) is 9.84 Å². The molecule has 6 nitrogen and oxygen atoms in total. The molecule has 0 amide bonds. The van der Waals surface area contributed by atoms with E-state index in [9.17, 15) is 8.42 Å². The first-order chi connectivity index (χ1) is 12.8. The minimum atomic E-state index is -2.95. The summed E-state index contributed by atoms with van der Waals surface area (Å²) in [5, 5.41) is 8.99. The van der Waals surface area contributed by atoms with Crippen molar-refractivity contribution in [1.82, 2.24) is 15.5 Å². The predicted molar refractivity (Wildman–Crippen MR) is 129 cm³/mol. The number of aliphatic imine (C=N–C) groups is 1. The topological polar surface area (TPSA) is 73.8 Å². The number of piperidine rings is 1. The van der Waals surface area contributed by atoms with Crippen molar-refractivity contribution in [2.45, 2.75) is 31.7 Å². The molecule has 2 heterocycles. The van der Waals surface area contributed by atoms with Crippen molar-refractivity contribution >= 4 is 51.1 Å². The summed E-state index contributed by atoms with van der Waals surface area (Å²) in [6, 6.07) is 4.81. The molecule has 1 aliphatic heterocycles. The van der Waals surface area contributed by atoms with Gasteiger partial charge < -0.3 is 10.6 Å². The van der Waals surface area contributed by atoms with Gasteiger partial charge in [0.05, 0.1) is 5.75 Å². The molecule has 2 aliphatic rings. The van der Waals surface area contributed by atoms with Crippen LogP contribution in [0.1, 0.15) is 36.6 Å². The number of likely N-dealkylation sites (tertiary alicyclic amines) is 1. The second-order valence-corrected chi connectivity index (χ2v) is 11.3. The molecule has 0 radical (unpaired) electrons. The Labute approximate surface area is 190 Å². The summed E-state index contributed by atoms with van der Waals surface area (Å²) in [7, 11) is 1.04. The lowest BCUT2D eigenvalue weighted by Crippen LogP contribution is -2.46. The van der Waals surface area contributed by atoms with Crippen LogP contribution in [0.3, 0.4) is 0 Å². The van der Waals surface area contributed by atoms with Crippen LogP contribution >= 0.6 is 35.3 Å². The zero-order valence-electron chi connectivity index (χ0n) is 17.0. The second kappa shape index (κ2) is 10.1. The molecule has 2 atom stereocenters. The summed E-state index contributed by atoms with van der Waals surface area (Å²) >= 11 is 1.83. The lowest BCUT2D eigenvalue weighted by molar-refractivity contribution is 0.125. The van der Waals surface area contributed by atoms with Crippen LogP contribution in [0.5, 0.6) is 0 Å². The van der Waals surface area contributed by atoms with E-state index in [0.717, 1.165) is 31.9 Å². The molecule has 28 heavy (non-hydrogen) atoms. The van der Waals surface area contributed by atoms with Crippen molar-refractivity contribution < 1.29 is 8.42 Å². The molecule has 2 fully saturated rings. The van der Waals surface area contributed by atoms with Crippen LogP contribution in [0.2, 0.25) is 0 Å². The summed E-state index contributed by atoms with van der Waals surface area (Å²) in [6.07, 6.45) is 5.68. The number of sulfone groups is 1. The lowest BCUT2D eigenvalue weighted by atomic mass is 9.88. The van der Waals surface area contributed by atoms with Gasteiger partial charge >= 0.3 is 0 Å². The van der Waals surface area contributed by atoms with Crippen LogP contribution < -0.4 is 10.6 Å². The largest absolute Gasteiger partial charge is 0.356 e. The zero-order valence-corrected chi connectivity index (χ0v) is 20.9. The van der Waals surface area contributed by atoms with Gasteiger partial charge in [-0.1, -0.05) is 6.07 Å². The highest BCUT2D eigenvalue weighted by molar-refractivity contribution is 14.0. The Kier molecular flexibility index (Phi) is 8.60. The first-order valence-corrected chi connectivity index (χ1v) is 12.6. The molecule has 2 N–H and O–H groups in total. The van der Waals surface area contributed by atoms with E-state index in [4.69, 9.17) is 0 Å². The van der Waals surface area contributed by atoms with Gasteiger partial charge in [-0.2, -0.15) is 0 Å². The van der Waals surface area contributed by atoms with E-state index in [1.165, 1.54) is 24.0 Å². The second-order valence-electron chi connectivity index (χ2n) is 8.22. The number of halogens is 1. The van der Waals surface area contributed by atoms with Gasteiger partial charge in [-0.15, -0.1) is 35.3 Å². The summed E-state index contributed by atoms with van der Waals surface area (Å²) < 4.78 is 23.3. The average molecular weight is 541 g/mol. The molecule has 160 valence electrons. The van der Waals surface area contributed by atoms with Gasteiger partial charge in [-0.3, -0.25) is 9.89 Å². The molecule has 0 spiro atoms. The summed E-state index contributed by atoms with van der Waals surface area (Å²) in [4.78, 5) is 8.23. The van der Waals surface area contributed by atoms with E-state index in [2.05, 4.69) is 45.1 Å². The Morgan fingerprint density at radius 2 is 2.14 bits per heavy atom. The standard InChI is InChI=1S/C19H32N4O2S2.HI/c1-20-18(22-13-19(8-9-19)14-27(3,24)25)21-12-15-6-4-10-23(2)17(15)16-7-5-11-26-16;/h5,7,11,15,17H,4,6,8-10,12-14H2,1-3H3,(H2,20,21,22);1H. The Hall–Kier alpha value is -0.390. The van der Waals surface area contributed by atoms with Crippen LogP contribution in [0.15, 0.2) is 22.5 Å². The molecule has 1 saturated carbocycles. The van der Waals surface area contributed by atoms with E-state index in [1.807, 2.05) is 11.3 Å². The van der Waals surface area contributed by atoms with Gasteiger partial charge in [0.25, 0.3) is 0 Å². The number of nitrogens with one attached hydrogen (secondary N) is 2. The van der Waals surface area contributed by atoms with Crippen LogP contribution in [0.25, 0.3) is 0 Å². The normalized spacial score (nSPS) is 25.0. The van der Waals surface area contributed by atoms with E-state index >= 15 is 0 Å². The maximum atomic E-state index is 11.6. The molecule has 1 saturated heterocycles. The highest BCUT2D eigenvalue weighted by Crippen LogP contribution is 2.46. The van der Waals surface area contributed by atoms with E-state index in [1.54, 1.807) is 7.05 Å². The fourth-order valence-corrected chi connectivity index (χ4v) is 6.69. The van der Waals surface area contributed by atoms with Crippen LogP contribution in [0, 0.1) is 11.3 Å². The molecule has 9 heteroatoms. The SMILES string of the molecule is CN=C(NCC1CCCN(C)C1c1cccs1)NCC1(CS(C)(=O)=O)CC1.I. The van der Waals surface area contributed by atoms with Crippen molar-refractivity contribution in [2.75, 3.05) is 45.7 Å². The van der Waals surface area contributed by atoms with E-state index in [-0.39, 0.29) is 35.1 Å². The molecule has 1 aromatic heterocycles. The van der Waals surface area contributed by atoms with Crippen molar-refractivity contribution in [3.8, 4) is 0 Å². The first-order valence-electron chi connectivity index (χ1n) is 9.68. The van der Waals surface area contributed by atoms with Gasteiger partial charge in [0, 0.05) is 42.7 Å². The molecular weight excluding hydrogens is 507 g/mol. The third-order valence-electron chi connectivity index (χ3n) is 5.75. The van der Waals surface area contributed by atoms with E-state index in [0.29, 0.717) is 18.5 Å². The quantitative estimate of drug-likeness (QED) is 0.316. The Morgan fingerprint density at radius 1 is 1.39 bits per heavy atom. The minimum absolute atomic E-state index is 0. The average Bonchev–Trinajstić information content (AvgIpc) is 3.13. The Morgan fingerprint density at radius 3 is 2.71 bits per heavy atom. The van der Waals surface area contributed by atoms with Crippen molar-refractivity contribution in [2.24, 2.45) is 16.3 Å². The monoisotopic (exact) mass is 540 g/mol. The van der Waals surface area contributed by atoms with Gasteiger partial charge in [0.2, 0.25) is 0 Å². The molecule has 1 aliphatic carbocycles. The maximum absolute atomic E-state index is 11.6. The predicted octanol–water partition coefficient (Wildman–Crippen LogP) is 2.74. The number of hydrogen-bond donors (Lipinski definition) is 2. The van der Waals surface area contributed by atoms with Gasteiger partial charge in [0.1, 0.15) is 9.84 Å². The van der Waals surface area contributed by atoms with Crippen LogP contribution in [-0.4, -0.2) is 65.0 Å². The van der Waals surface area contributed by atoms with Gasteiger partial charge in [-0.25, -0.2) is 8.42 Å². The molecular formula is C19H33IN4O2S2. The zero-order chi connectivity index (χ0) is 19.5. The number of guanidine groups is 1. The fourth-order valence-electron chi connectivity index (χ4n) is 4.21. The molecule has 3 rings (SSSR count).